The second-order valence-electron chi connectivity index (χ2n) is 8.22. The van der Waals surface area contributed by atoms with Crippen molar-refractivity contribution in [1.29, 1.82) is 0 Å². The first-order valence-corrected chi connectivity index (χ1v) is 10.2. The minimum atomic E-state index is -4.37. The van der Waals surface area contributed by atoms with Crippen LogP contribution >= 0.6 is 0 Å². The van der Waals surface area contributed by atoms with Crippen molar-refractivity contribution in [3.05, 3.63) is 35.7 Å². The van der Waals surface area contributed by atoms with E-state index in [1.54, 1.807) is 0 Å². The van der Waals surface area contributed by atoms with E-state index >= 15 is 0 Å². The van der Waals surface area contributed by atoms with Gasteiger partial charge in [0.05, 0.1) is 5.56 Å². The number of fused-ring (bicyclic) bond motifs is 1. The molecule has 6 nitrogen and oxygen atoms in total. The largest absolute Gasteiger partial charge is 0.416 e. The molecule has 1 saturated heterocycles. The molecule has 1 aliphatic rings. The number of halogens is 3. The van der Waals surface area contributed by atoms with Gasteiger partial charge in [-0.2, -0.15) is 23.1 Å². The van der Waals surface area contributed by atoms with Gasteiger partial charge in [0.1, 0.15) is 11.3 Å². The van der Waals surface area contributed by atoms with Gasteiger partial charge >= 0.3 is 6.18 Å². The Balaban J connectivity index is 1.71. The summed E-state index contributed by atoms with van der Waals surface area (Å²) in [5.41, 5.74) is 1.03. The highest BCUT2D eigenvalue weighted by Crippen LogP contribution is 2.32. The molecular weight excluding hydrogens is 393 g/mol. The molecule has 2 N–H and O–H groups in total. The molecule has 1 aliphatic heterocycles. The molecule has 0 atom stereocenters. The van der Waals surface area contributed by atoms with Crippen LogP contribution in [0.15, 0.2) is 24.3 Å². The molecule has 0 bridgehead atoms. The Morgan fingerprint density at radius 3 is 2.33 bits per heavy atom. The number of rotatable bonds is 4. The van der Waals surface area contributed by atoms with Gasteiger partial charge in [0.25, 0.3) is 0 Å². The molecule has 160 valence electrons. The number of imidazole rings is 1. The Labute approximate surface area is 172 Å². The fourth-order valence-electron chi connectivity index (χ4n) is 3.50. The van der Waals surface area contributed by atoms with Crippen molar-refractivity contribution in [2.75, 3.05) is 23.3 Å². The predicted molar refractivity (Wildman–Crippen MR) is 111 cm³/mol. The Morgan fingerprint density at radius 2 is 1.73 bits per heavy atom. The van der Waals surface area contributed by atoms with Crippen molar-refractivity contribution < 1.29 is 13.2 Å². The van der Waals surface area contributed by atoms with Crippen LogP contribution in [0.4, 0.5) is 30.6 Å². The maximum Gasteiger partial charge on any atom is 0.416 e. The highest BCUT2D eigenvalue weighted by atomic mass is 19.4. The molecule has 1 fully saturated rings. The summed E-state index contributed by atoms with van der Waals surface area (Å²) >= 11 is 0. The van der Waals surface area contributed by atoms with Crippen LogP contribution < -0.4 is 10.2 Å². The zero-order valence-corrected chi connectivity index (χ0v) is 17.2. The Bertz CT molecular complexity index is 1020. The average molecular weight is 418 g/mol. The van der Waals surface area contributed by atoms with Crippen LogP contribution in [0.3, 0.4) is 0 Å². The third-order valence-electron chi connectivity index (χ3n) is 5.45. The molecule has 30 heavy (non-hydrogen) atoms. The van der Waals surface area contributed by atoms with Crippen LogP contribution in [0, 0.1) is 5.92 Å². The van der Waals surface area contributed by atoms with E-state index in [4.69, 9.17) is 4.98 Å². The topological polar surface area (TPSA) is 69.7 Å². The summed E-state index contributed by atoms with van der Waals surface area (Å²) < 4.78 is 38.6. The maximum atomic E-state index is 12.9. The van der Waals surface area contributed by atoms with Crippen LogP contribution in [-0.2, 0) is 6.18 Å². The molecule has 0 saturated carbocycles. The molecule has 0 aliphatic carbocycles. The summed E-state index contributed by atoms with van der Waals surface area (Å²) in [6, 6.07) is 4.91. The molecule has 2 aromatic heterocycles. The Kier molecular flexibility index (Phi) is 5.29. The summed E-state index contributed by atoms with van der Waals surface area (Å²) in [4.78, 5) is 19.4. The second-order valence-corrected chi connectivity index (χ2v) is 8.22. The molecule has 9 heteroatoms. The van der Waals surface area contributed by atoms with E-state index in [-0.39, 0.29) is 5.92 Å². The zero-order chi connectivity index (χ0) is 21.5. The number of benzene rings is 1. The van der Waals surface area contributed by atoms with E-state index in [0.717, 1.165) is 43.9 Å². The third kappa shape index (κ3) is 4.20. The summed E-state index contributed by atoms with van der Waals surface area (Å²) in [6.45, 7) is 8.03. The minimum Gasteiger partial charge on any atom is -0.341 e. The molecule has 3 aromatic rings. The van der Waals surface area contributed by atoms with Crippen LogP contribution in [0.1, 0.15) is 50.9 Å². The number of nitrogens with zero attached hydrogens (tertiary/aromatic N) is 4. The fraction of sp³-hybridized carbons (Fsp3) is 0.476. The SMILES string of the molecule is CC1CCN(c2nc(Nc3ccc(C(F)(F)F)cc3)c3[nH]c(C(C)C)nc3n2)CC1. The molecular formula is C21H25F3N6. The normalized spacial score (nSPS) is 15.9. The van der Waals surface area contributed by atoms with E-state index in [1.807, 2.05) is 13.8 Å². The highest BCUT2D eigenvalue weighted by molar-refractivity contribution is 5.86. The van der Waals surface area contributed by atoms with Gasteiger partial charge in [-0.3, -0.25) is 0 Å². The highest BCUT2D eigenvalue weighted by Gasteiger charge is 2.30. The van der Waals surface area contributed by atoms with Crippen LogP contribution in [-0.4, -0.2) is 33.0 Å². The van der Waals surface area contributed by atoms with Crippen molar-refractivity contribution in [2.45, 2.75) is 45.7 Å². The average Bonchev–Trinajstić information content (AvgIpc) is 3.13. The quantitative estimate of drug-likeness (QED) is 0.588. The number of hydrogen-bond acceptors (Lipinski definition) is 5. The third-order valence-corrected chi connectivity index (χ3v) is 5.45. The van der Waals surface area contributed by atoms with Crippen LogP contribution in [0.2, 0.25) is 0 Å². The number of anilines is 3. The lowest BCUT2D eigenvalue weighted by molar-refractivity contribution is -0.137. The van der Waals surface area contributed by atoms with Crippen molar-refractivity contribution in [3.63, 3.8) is 0 Å². The first-order valence-electron chi connectivity index (χ1n) is 10.2. The number of hydrogen-bond donors (Lipinski definition) is 2. The standard InChI is InChI=1S/C21H25F3N6/c1-12(2)17-26-16-18(25-15-6-4-14(5-7-15)21(22,23)24)28-20(29-19(16)27-17)30-10-8-13(3)9-11-30/h4-7,12-13H,8-11H2,1-3H3,(H2,25,26,27,28,29). The van der Waals surface area contributed by atoms with Gasteiger partial charge in [-0.15, -0.1) is 0 Å². The van der Waals surface area contributed by atoms with E-state index in [1.165, 1.54) is 12.1 Å². The van der Waals surface area contributed by atoms with Crippen molar-refractivity contribution in [3.8, 4) is 0 Å². The monoisotopic (exact) mass is 418 g/mol. The Morgan fingerprint density at radius 1 is 1.07 bits per heavy atom. The van der Waals surface area contributed by atoms with E-state index in [9.17, 15) is 13.2 Å². The number of alkyl halides is 3. The van der Waals surface area contributed by atoms with Crippen molar-refractivity contribution >= 4 is 28.6 Å². The van der Waals surface area contributed by atoms with Crippen LogP contribution in [0.25, 0.3) is 11.2 Å². The van der Waals surface area contributed by atoms with Gasteiger partial charge in [0.15, 0.2) is 11.5 Å². The molecule has 3 heterocycles. The predicted octanol–water partition coefficient (Wildman–Crippen LogP) is 5.48. The van der Waals surface area contributed by atoms with Gasteiger partial charge in [0, 0.05) is 24.7 Å². The first kappa shape index (κ1) is 20.4. The smallest absolute Gasteiger partial charge is 0.341 e. The maximum absolute atomic E-state index is 12.9. The Hall–Kier alpha value is -2.84. The molecule has 0 spiro atoms. The van der Waals surface area contributed by atoms with Gasteiger partial charge in [0.2, 0.25) is 5.95 Å². The number of H-pyrrole nitrogens is 1. The summed E-state index contributed by atoms with van der Waals surface area (Å²) in [6.07, 6.45) is -2.23. The van der Waals surface area contributed by atoms with Gasteiger partial charge < -0.3 is 15.2 Å². The number of aromatic nitrogens is 4. The minimum absolute atomic E-state index is 0.178. The first-order chi connectivity index (χ1) is 14.2. The van der Waals surface area contributed by atoms with E-state index in [2.05, 4.69) is 32.1 Å². The number of nitrogens with one attached hydrogen (secondary N) is 2. The van der Waals surface area contributed by atoms with Crippen molar-refractivity contribution in [2.24, 2.45) is 5.92 Å². The molecule has 0 unspecified atom stereocenters. The summed E-state index contributed by atoms with van der Waals surface area (Å²) in [5, 5.41) is 3.15. The summed E-state index contributed by atoms with van der Waals surface area (Å²) in [7, 11) is 0. The fourth-order valence-corrected chi connectivity index (χ4v) is 3.50. The van der Waals surface area contributed by atoms with Crippen molar-refractivity contribution in [1.82, 2.24) is 19.9 Å². The lowest BCUT2D eigenvalue weighted by Gasteiger charge is -2.30. The van der Waals surface area contributed by atoms with Gasteiger partial charge in [-0.25, -0.2) is 4.98 Å². The second kappa shape index (κ2) is 7.77. The van der Waals surface area contributed by atoms with E-state index < -0.39 is 11.7 Å². The van der Waals surface area contributed by atoms with Gasteiger partial charge in [-0.1, -0.05) is 20.8 Å². The van der Waals surface area contributed by atoms with E-state index in [0.29, 0.717) is 34.5 Å². The molecule has 4 rings (SSSR count). The van der Waals surface area contributed by atoms with Crippen LogP contribution in [0.5, 0.6) is 0 Å². The molecule has 1 aromatic carbocycles. The lowest BCUT2D eigenvalue weighted by Crippen LogP contribution is -2.34. The van der Waals surface area contributed by atoms with Gasteiger partial charge in [-0.05, 0) is 43.0 Å². The zero-order valence-electron chi connectivity index (χ0n) is 17.2. The summed E-state index contributed by atoms with van der Waals surface area (Å²) in [5.74, 6) is 2.74. The number of piperidine rings is 1. The number of aromatic amines is 1. The molecule has 0 amide bonds. The molecule has 0 radical (unpaired) electrons. The lowest BCUT2D eigenvalue weighted by atomic mass is 10.00.